The monoisotopic (exact) mass is 538 g/mol. The number of carboxylic acid groups (broad SMARTS) is 1. The third-order valence-corrected chi connectivity index (χ3v) is 6.73. The first-order chi connectivity index (χ1) is 16.8. The maximum Gasteiger partial charge on any atom is 0.410 e. The van der Waals surface area contributed by atoms with E-state index in [0.29, 0.717) is 25.1 Å². The molecule has 0 bridgehead atoms. The van der Waals surface area contributed by atoms with E-state index in [-0.39, 0.29) is 13.2 Å². The molecule has 2 N–H and O–H groups in total. The van der Waals surface area contributed by atoms with Crippen molar-refractivity contribution in [1.29, 1.82) is 0 Å². The largest absolute Gasteiger partial charge is 0.480 e. The second-order valence-corrected chi connectivity index (χ2v) is 11.8. The number of rotatable bonds is 13. The van der Waals surface area contributed by atoms with Crippen molar-refractivity contribution in [3.63, 3.8) is 0 Å². The fourth-order valence-electron chi connectivity index (χ4n) is 3.75. The van der Waals surface area contributed by atoms with E-state index in [1.807, 2.05) is 0 Å². The van der Waals surface area contributed by atoms with Crippen LogP contribution in [0.2, 0.25) is 0 Å². The molecule has 0 aliphatic carbocycles. The topological polar surface area (TPSA) is 95.9 Å². The van der Waals surface area contributed by atoms with E-state index in [4.69, 9.17) is 4.74 Å². The van der Waals surface area contributed by atoms with Gasteiger partial charge in [0.25, 0.3) is 0 Å². The van der Waals surface area contributed by atoms with Crippen LogP contribution in [0.1, 0.15) is 94.4 Å². The number of thioether (sulfide) groups is 1. The number of ether oxygens (including phenoxy) is 1. The Morgan fingerprint density at radius 2 is 1.65 bits per heavy atom. The van der Waals surface area contributed by atoms with Gasteiger partial charge in [0.05, 0.1) is 0 Å². The summed E-state index contributed by atoms with van der Waals surface area (Å²) in [6, 6.07) is -1.71. The Hall–Kier alpha value is -2.22. The highest BCUT2D eigenvalue weighted by molar-refractivity contribution is 7.99. The lowest BCUT2D eigenvalue weighted by Crippen LogP contribution is -2.52. The number of hydrogen-bond donors (Lipinski definition) is 2. The molecule has 1 fully saturated rings. The number of hydrogen-bond acceptors (Lipinski definition) is 5. The van der Waals surface area contributed by atoms with Crippen LogP contribution in [0.15, 0.2) is 34.9 Å². The quantitative estimate of drug-likeness (QED) is 0.199. The second kappa shape index (κ2) is 17.3. The van der Waals surface area contributed by atoms with Crippen molar-refractivity contribution < 1.29 is 24.2 Å². The van der Waals surface area contributed by atoms with Gasteiger partial charge < -0.3 is 15.2 Å². The van der Waals surface area contributed by atoms with Crippen LogP contribution in [0.5, 0.6) is 0 Å². The smallest absolute Gasteiger partial charge is 0.410 e. The van der Waals surface area contributed by atoms with Crippen molar-refractivity contribution in [3.05, 3.63) is 34.9 Å². The SMILES string of the molecule is C.CC(C)=CCC/C(C)=C/CC/C(C)=C/CSC[C@H](NC(=O)[C@@H]1CCCN1C(=O)OC(C)(C)C)C(=O)O. The first kappa shape index (κ1) is 34.8. The van der Waals surface area contributed by atoms with Gasteiger partial charge in [-0.15, -0.1) is 0 Å². The van der Waals surface area contributed by atoms with Crippen molar-refractivity contribution in [2.24, 2.45) is 0 Å². The molecule has 7 nitrogen and oxygen atoms in total. The van der Waals surface area contributed by atoms with Gasteiger partial charge >= 0.3 is 12.1 Å². The molecular weight excluding hydrogens is 488 g/mol. The molecule has 1 aliphatic rings. The summed E-state index contributed by atoms with van der Waals surface area (Å²) in [6.07, 6.45) is 11.4. The first-order valence-corrected chi connectivity index (χ1v) is 14.0. The lowest BCUT2D eigenvalue weighted by molar-refractivity contribution is -0.141. The van der Waals surface area contributed by atoms with Crippen molar-refractivity contribution >= 4 is 29.7 Å². The third-order valence-electron chi connectivity index (χ3n) is 5.75. The van der Waals surface area contributed by atoms with Crippen LogP contribution in [0.4, 0.5) is 4.79 Å². The molecule has 2 atom stereocenters. The standard InChI is InChI=1S/C28H46N2O5S.CH4/c1-20(2)11-8-12-21(3)13-9-14-22(4)16-18-36-19-23(26(32)33)29-25(31)24-15-10-17-30(24)27(34)35-28(5,6)7;/h11,13,16,23-24H,8-10,12,14-15,17-19H2,1-7H3,(H,29,31)(H,32,33);1H4/b21-13+,22-16+;/t23-,24-;/m0./s1. The summed E-state index contributed by atoms with van der Waals surface area (Å²) in [7, 11) is 0. The molecule has 0 unspecified atom stereocenters. The molecule has 0 radical (unpaired) electrons. The van der Waals surface area contributed by atoms with E-state index >= 15 is 0 Å². The Morgan fingerprint density at radius 1 is 1.05 bits per heavy atom. The first-order valence-electron chi connectivity index (χ1n) is 12.9. The molecule has 1 aliphatic heterocycles. The fraction of sp³-hybridized carbons (Fsp3) is 0.690. The lowest BCUT2D eigenvalue weighted by Gasteiger charge is -2.28. The van der Waals surface area contributed by atoms with Gasteiger partial charge in [-0.25, -0.2) is 9.59 Å². The Balaban J connectivity index is 0.0000130. The molecule has 212 valence electrons. The summed E-state index contributed by atoms with van der Waals surface area (Å²) in [6.45, 7) is 14.2. The average molecular weight is 539 g/mol. The molecule has 1 rings (SSSR count). The Kier molecular flexibility index (Phi) is 16.3. The van der Waals surface area contributed by atoms with Crippen LogP contribution in [-0.4, -0.2) is 63.7 Å². The van der Waals surface area contributed by atoms with Crippen LogP contribution < -0.4 is 5.32 Å². The number of allylic oxidation sites excluding steroid dienone is 5. The van der Waals surface area contributed by atoms with E-state index in [1.54, 1.807) is 20.8 Å². The highest BCUT2D eigenvalue weighted by Gasteiger charge is 2.37. The van der Waals surface area contributed by atoms with Gasteiger partial charge in [-0.05, 0) is 87.0 Å². The summed E-state index contributed by atoms with van der Waals surface area (Å²) in [5.41, 5.74) is 3.37. The maximum absolute atomic E-state index is 12.8. The third kappa shape index (κ3) is 14.9. The van der Waals surface area contributed by atoms with Crippen molar-refractivity contribution in [2.75, 3.05) is 18.1 Å². The van der Waals surface area contributed by atoms with E-state index in [9.17, 15) is 19.5 Å². The Morgan fingerprint density at radius 3 is 2.22 bits per heavy atom. The van der Waals surface area contributed by atoms with E-state index in [0.717, 1.165) is 25.7 Å². The zero-order chi connectivity index (χ0) is 27.3. The molecule has 0 spiro atoms. The predicted octanol–water partition coefficient (Wildman–Crippen LogP) is 6.74. The highest BCUT2D eigenvalue weighted by Crippen LogP contribution is 2.21. The molecule has 2 amide bonds. The summed E-state index contributed by atoms with van der Waals surface area (Å²) in [4.78, 5) is 38.4. The molecule has 0 aromatic rings. The number of carbonyl (C=O) groups excluding carboxylic acids is 2. The lowest BCUT2D eigenvalue weighted by atomic mass is 10.1. The summed E-state index contributed by atoms with van der Waals surface area (Å²) >= 11 is 1.47. The van der Waals surface area contributed by atoms with Crippen LogP contribution in [0.3, 0.4) is 0 Å². The molecule has 1 heterocycles. The second-order valence-electron chi connectivity index (χ2n) is 10.7. The minimum atomic E-state index is -1.08. The Bertz CT molecular complexity index is 838. The van der Waals surface area contributed by atoms with E-state index in [2.05, 4.69) is 51.2 Å². The van der Waals surface area contributed by atoms with Crippen LogP contribution in [0, 0.1) is 0 Å². The van der Waals surface area contributed by atoms with Crippen LogP contribution in [0.25, 0.3) is 0 Å². The number of carboxylic acids is 1. The molecule has 1 saturated heterocycles. The number of likely N-dealkylation sites (tertiary alicyclic amines) is 1. The van der Waals surface area contributed by atoms with Crippen LogP contribution in [-0.2, 0) is 14.3 Å². The zero-order valence-corrected chi connectivity index (χ0v) is 24.0. The normalized spacial score (nSPS) is 17.1. The Labute approximate surface area is 229 Å². The number of amides is 2. The van der Waals surface area contributed by atoms with Crippen molar-refractivity contribution in [3.8, 4) is 0 Å². The molecule has 8 heteroatoms. The van der Waals surface area contributed by atoms with Gasteiger partial charge in [0.15, 0.2) is 0 Å². The average Bonchev–Trinajstić information content (AvgIpc) is 3.24. The minimum absolute atomic E-state index is 0. The molecule has 0 saturated carbocycles. The maximum atomic E-state index is 12.8. The number of nitrogens with zero attached hydrogens (tertiary/aromatic N) is 1. The molecule has 37 heavy (non-hydrogen) atoms. The van der Waals surface area contributed by atoms with Crippen LogP contribution >= 0.6 is 11.8 Å². The predicted molar refractivity (Wildman–Crippen MR) is 155 cm³/mol. The number of carbonyl (C=O) groups is 3. The summed E-state index contributed by atoms with van der Waals surface area (Å²) < 4.78 is 5.40. The number of nitrogens with one attached hydrogen (secondary N) is 1. The fourth-order valence-corrected chi connectivity index (χ4v) is 4.75. The van der Waals surface area contributed by atoms with E-state index < -0.39 is 35.7 Å². The minimum Gasteiger partial charge on any atom is -0.480 e. The van der Waals surface area contributed by atoms with Crippen molar-refractivity contribution in [2.45, 2.75) is 112 Å². The molecule has 0 aromatic heterocycles. The summed E-state index contributed by atoms with van der Waals surface area (Å²) in [5.74, 6) is -0.577. The summed E-state index contributed by atoms with van der Waals surface area (Å²) in [5, 5.41) is 12.2. The molecule has 0 aromatic carbocycles. The van der Waals surface area contributed by atoms with Gasteiger partial charge in [-0.1, -0.05) is 42.4 Å². The van der Waals surface area contributed by atoms with Gasteiger partial charge in [0.2, 0.25) is 5.91 Å². The van der Waals surface area contributed by atoms with Gasteiger partial charge in [-0.2, -0.15) is 11.8 Å². The number of aliphatic carboxylic acids is 1. The van der Waals surface area contributed by atoms with Gasteiger partial charge in [0.1, 0.15) is 17.7 Å². The van der Waals surface area contributed by atoms with E-state index in [1.165, 1.54) is 33.4 Å². The zero-order valence-electron chi connectivity index (χ0n) is 23.2. The molecular formula is C29H50N2O5S. The highest BCUT2D eigenvalue weighted by atomic mass is 32.2. The van der Waals surface area contributed by atoms with Crippen molar-refractivity contribution in [1.82, 2.24) is 10.2 Å². The van der Waals surface area contributed by atoms with Gasteiger partial charge in [-0.3, -0.25) is 9.69 Å². The van der Waals surface area contributed by atoms with Gasteiger partial charge in [0, 0.05) is 18.1 Å².